The van der Waals surface area contributed by atoms with Crippen molar-refractivity contribution in [3.63, 3.8) is 0 Å². The molecule has 0 aromatic rings. The highest BCUT2D eigenvalue weighted by atomic mass is 32.2. The Labute approximate surface area is 139 Å². The monoisotopic (exact) mass is 328 g/mol. The van der Waals surface area contributed by atoms with Crippen molar-refractivity contribution in [2.45, 2.75) is 38.0 Å². The Morgan fingerprint density at radius 2 is 2.23 bits per heavy atom. The van der Waals surface area contributed by atoms with Crippen LogP contribution >= 0.6 is 11.8 Å². The molecule has 0 saturated carbocycles. The number of hydrogen-bond donors (Lipinski definition) is 1. The number of thioether (sulfide) groups is 1. The van der Waals surface area contributed by atoms with E-state index in [-0.39, 0.29) is 5.54 Å². The van der Waals surface area contributed by atoms with E-state index in [1.165, 1.54) is 12.2 Å². The summed E-state index contributed by atoms with van der Waals surface area (Å²) in [7, 11) is 1.89. The molecule has 2 heterocycles. The second kappa shape index (κ2) is 8.41. The van der Waals surface area contributed by atoms with Crippen LogP contribution in [-0.2, 0) is 4.74 Å². The van der Waals surface area contributed by atoms with E-state index >= 15 is 0 Å². The summed E-state index contributed by atoms with van der Waals surface area (Å²) < 4.78 is 5.59. The van der Waals surface area contributed by atoms with Crippen LogP contribution in [-0.4, -0.2) is 85.3 Å². The predicted molar refractivity (Wildman–Crippen MR) is 95.9 cm³/mol. The van der Waals surface area contributed by atoms with Crippen molar-refractivity contribution in [2.24, 2.45) is 4.99 Å². The van der Waals surface area contributed by atoms with Crippen molar-refractivity contribution in [2.75, 3.05) is 58.7 Å². The predicted octanol–water partition coefficient (Wildman–Crippen LogP) is 1.50. The van der Waals surface area contributed by atoms with Gasteiger partial charge in [-0.15, -0.1) is 0 Å². The Bertz CT molecular complexity index is 375. The van der Waals surface area contributed by atoms with Gasteiger partial charge in [-0.05, 0) is 20.3 Å². The minimum absolute atomic E-state index is 0.137. The van der Waals surface area contributed by atoms with Crippen molar-refractivity contribution < 1.29 is 4.74 Å². The standard InChI is InChI=1S/C16H32N4OS/c1-5-14-12-19(9-11-22-14)15(17-4)18-6-7-20-8-10-21-13-16(20,2)3/h14H,5-13H2,1-4H3,(H,17,18). The molecule has 0 aliphatic carbocycles. The van der Waals surface area contributed by atoms with Crippen LogP contribution in [0, 0.1) is 0 Å². The summed E-state index contributed by atoms with van der Waals surface area (Å²) in [5.41, 5.74) is 0.137. The van der Waals surface area contributed by atoms with E-state index in [1.54, 1.807) is 0 Å². The lowest BCUT2D eigenvalue weighted by Crippen LogP contribution is -2.55. The lowest BCUT2D eigenvalue weighted by molar-refractivity contribution is -0.0496. The second-order valence-electron chi connectivity index (χ2n) is 6.67. The van der Waals surface area contributed by atoms with E-state index in [2.05, 4.69) is 52.6 Å². The van der Waals surface area contributed by atoms with E-state index < -0.39 is 0 Å². The Kier molecular flexibility index (Phi) is 6.84. The molecule has 0 radical (unpaired) electrons. The van der Waals surface area contributed by atoms with Gasteiger partial charge in [0.05, 0.1) is 13.2 Å². The van der Waals surface area contributed by atoms with Gasteiger partial charge >= 0.3 is 0 Å². The summed E-state index contributed by atoms with van der Waals surface area (Å²) >= 11 is 2.09. The Morgan fingerprint density at radius 3 is 2.91 bits per heavy atom. The van der Waals surface area contributed by atoms with Crippen LogP contribution in [0.25, 0.3) is 0 Å². The molecule has 0 bridgehead atoms. The van der Waals surface area contributed by atoms with Crippen molar-refractivity contribution >= 4 is 17.7 Å². The number of aliphatic imine (C=N–C) groups is 1. The maximum Gasteiger partial charge on any atom is 0.193 e. The van der Waals surface area contributed by atoms with E-state index in [0.717, 1.165) is 57.1 Å². The fourth-order valence-electron chi connectivity index (χ4n) is 3.10. The lowest BCUT2D eigenvalue weighted by atomic mass is 10.0. The van der Waals surface area contributed by atoms with Crippen molar-refractivity contribution in [3.8, 4) is 0 Å². The normalized spacial score (nSPS) is 27.0. The van der Waals surface area contributed by atoms with Crippen LogP contribution in [0.15, 0.2) is 4.99 Å². The molecule has 22 heavy (non-hydrogen) atoms. The van der Waals surface area contributed by atoms with Gasteiger partial charge in [0.1, 0.15) is 0 Å². The number of guanidine groups is 1. The van der Waals surface area contributed by atoms with Gasteiger partial charge in [0, 0.05) is 56.3 Å². The zero-order chi connectivity index (χ0) is 16.0. The van der Waals surface area contributed by atoms with Gasteiger partial charge in [0.15, 0.2) is 5.96 Å². The third kappa shape index (κ3) is 4.77. The Morgan fingerprint density at radius 1 is 1.41 bits per heavy atom. The largest absolute Gasteiger partial charge is 0.378 e. The van der Waals surface area contributed by atoms with Gasteiger partial charge in [-0.3, -0.25) is 9.89 Å². The molecular weight excluding hydrogens is 296 g/mol. The molecule has 1 unspecified atom stereocenters. The van der Waals surface area contributed by atoms with Crippen molar-refractivity contribution in [3.05, 3.63) is 0 Å². The zero-order valence-corrected chi connectivity index (χ0v) is 15.4. The average Bonchev–Trinajstić information content (AvgIpc) is 2.52. The van der Waals surface area contributed by atoms with Gasteiger partial charge in [-0.2, -0.15) is 11.8 Å². The van der Waals surface area contributed by atoms with Gasteiger partial charge < -0.3 is 15.0 Å². The minimum atomic E-state index is 0.137. The number of nitrogens with one attached hydrogen (secondary N) is 1. The summed E-state index contributed by atoms with van der Waals surface area (Å²) in [6.45, 7) is 13.7. The van der Waals surface area contributed by atoms with Crippen molar-refractivity contribution in [1.29, 1.82) is 0 Å². The quantitative estimate of drug-likeness (QED) is 0.626. The molecule has 2 saturated heterocycles. The maximum atomic E-state index is 5.59. The molecule has 1 atom stereocenters. The van der Waals surface area contributed by atoms with Gasteiger partial charge in [-0.1, -0.05) is 6.92 Å². The summed E-state index contributed by atoms with van der Waals surface area (Å²) in [6.07, 6.45) is 1.24. The van der Waals surface area contributed by atoms with Crippen LogP contribution < -0.4 is 5.32 Å². The van der Waals surface area contributed by atoms with Gasteiger partial charge in [0.25, 0.3) is 0 Å². The summed E-state index contributed by atoms with van der Waals surface area (Å²) in [5, 5.41) is 4.29. The highest BCUT2D eigenvalue weighted by Gasteiger charge is 2.30. The molecule has 0 aromatic carbocycles. The highest BCUT2D eigenvalue weighted by Crippen LogP contribution is 2.21. The van der Waals surface area contributed by atoms with Gasteiger partial charge in [0.2, 0.25) is 0 Å². The molecule has 2 aliphatic rings. The Hall–Kier alpha value is -0.460. The first-order chi connectivity index (χ1) is 10.6. The highest BCUT2D eigenvalue weighted by molar-refractivity contribution is 8.00. The average molecular weight is 329 g/mol. The molecule has 0 spiro atoms. The number of ether oxygens (including phenoxy) is 1. The number of nitrogens with zero attached hydrogens (tertiary/aromatic N) is 3. The smallest absolute Gasteiger partial charge is 0.193 e. The van der Waals surface area contributed by atoms with Gasteiger partial charge in [-0.25, -0.2) is 0 Å². The van der Waals surface area contributed by atoms with Crippen LogP contribution in [0.3, 0.4) is 0 Å². The molecule has 0 amide bonds. The van der Waals surface area contributed by atoms with Crippen LogP contribution in [0.4, 0.5) is 0 Å². The fourth-order valence-corrected chi connectivity index (χ4v) is 4.28. The molecule has 5 nitrogen and oxygen atoms in total. The minimum Gasteiger partial charge on any atom is -0.378 e. The molecule has 2 fully saturated rings. The van der Waals surface area contributed by atoms with Crippen molar-refractivity contribution in [1.82, 2.24) is 15.1 Å². The van der Waals surface area contributed by atoms with E-state index in [0.29, 0.717) is 0 Å². The molecule has 2 rings (SSSR count). The first-order valence-electron chi connectivity index (χ1n) is 8.47. The Balaban J connectivity index is 1.79. The second-order valence-corrected chi connectivity index (χ2v) is 8.08. The van der Waals surface area contributed by atoms with E-state index in [4.69, 9.17) is 4.74 Å². The first kappa shape index (κ1) is 17.9. The third-order valence-electron chi connectivity index (χ3n) is 4.59. The molecule has 128 valence electrons. The SMILES string of the molecule is CCC1CN(C(=NC)NCCN2CCOCC2(C)C)CCS1. The van der Waals surface area contributed by atoms with Crippen LogP contribution in [0.1, 0.15) is 27.2 Å². The molecule has 6 heteroatoms. The molecule has 2 aliphatic heterocycles. The lowest BCUT2D eigenvalue weighted by Gasteiger charge is -2.42. The van der Waals surface area contributed by atoms with E-state index in [1.807, 2.05) is 7.05 Å². The maximum absolute atomic E-state index is 5.59. The number of rotatable bonds is 4. The first-order valence-corrected chi connectivity index (χ1v) is 9.51. The zero-order valence-electron chi connectivity index (χ0n) is 14.6. The fraction of sp³-hybridized carbons (Fsp3) is 0.938. The third-order valence-corrected chi connectivity index (χ3v) is 5.96. The van der Waals surface area contributed by atoms with Crippen LogP contribution in [0.5, 0.6) is 0 Å². The number of hydrogen-bond acceptors (Lipinski definition) is 4. The summed E-state index contributed by atoms with van der Waals surface area (Å²) in [5.74, 6) is 2.26. The summed E-state index contributed by atoms with van der Waals surface area (Å²) in [4.78, 5) is 9.40. The molecular formula is C16H32N4OS. The number of morpholine rings is 1. The molecule has 1 N–H and O–H groups in total. The topological polar surface area (TPSA) is 40.1 Å². The van der Waals surface area contributed by atoms with E-state index in [9.17, 15) is 0 Å². The van der Waals surface area contributed by atoms with Crippen LogP contribution in [0.2, 0.25) is 0 Å². The molecule has 0 aromatic heterocycles. The summed E-state index contributed by atoms with van der Waals surface area (Å²) in [6, 6.07) is 0.